The van der Waals surface area contributed by atoms with E-state index in [2.05, 4.69) is 15.3 Å². The number of halogens is 2. The van der Waals surface area contributed by atoms with E-state index in [1.165, 1.54) is 16.8 Å². The maximum atomic E-state index is 13.1. The van der Waals surface area contributed by atoms with Crippen molar-refractivity contribution in [1.29, 1.82) is 0 Å². The molecule has 150 valence electrons. The number of hydrogen-bond acceptors (Lipinski definition) is 5. The van der Waals surface area contributed by atoms with Gasteiger partial charge in [-0.2, -0.15) is 0 Å². The lowest BCUT2D eigenvalue weighted by atomic mass is 10.2. The molecule has 0 spiro atoms. The zero-order valence-electron chi connectivity index (χ0n) is 15.4. The van der Waals surface area contributed by atoms with Gasteiger partial charge in [0.15, 0.2) is 11.0 Å². The van der Waals surface area contributed by atoms with Crippen molar-refractivity contribution in [3.05, 3.63) is 87.3 Å². The van der Waals surface area contributed by atoms with E-state index < -0.39 is 0 Å². The Morgan fingerprint density at radius 2 is 1.80 bits per heavy atom. The van der Waals surface area contributed by atoms with Gasteiger partial charge in [-0.3, -0.25) is 14.2 Å². The molecule has 0 atom stereocenters. The van der Waals surface area contributed by atoms with Gasteiger partial charge in [-0.25, -0.2) is 9.97 Å². The zero-order chi connectivity index (χ0) is 21.1. The first-order valence-corrected chi connectivity index (χ1v) is 10.6. The number of fused-ring (bicyclic) bond motifs is 1. The van der Waals surface area contributed by atoms with E-state index in [0.29, 0.717) is 26.8 Å². The molecule has 0 bridgehead atoms. The van der Waals surface area contributed by atoms with Crippen molar-refractivity contribution in [1.82, 2.24) is 14.5 Å². The smallest absolute Gasteiger partial charge is 0.266 e. The number of pyridine rings is 1. The van der Waals surface area contributed by atoms with E-state index in [1.807, 2.05) is 36.4 Å². The Hall–Kier alpha value is -2.87. The molecule has 0 radical (unpaired) electrons. The van der Waals surface area contributed by atoms with Crippen LogP contribution in [0.4, 0.5) is 5.82 Å². The Balaban J connectivity index is 1.65. The fraction of sp³-hybridized carbons (Fsp3) is 0.0476. The molecule has 0 saturated carbocycles. The van der Waals surface area contributed by atoms with Crippen LogP contribution in [-0.4, -0.2) is 26.2 Å². The molecular formula is C21H14Cl2N4O2S. The number of benzene rings is 2. The van der Waals surface area contributed by atoms with Crippen LogP contribution in [0.5, 0.6) is 0 Å². The fourth-order valence-electron chi connectivity index (χ4n) is 2.82. The molecule has 2 aromatic heterocycles. The van der Waals surface area contributed by atoms with Crippen molar-refractivity contribution in [3.63, 3.8) is 0 Å². The maximum absolute atomic E-state index is 13.1. The van der Waals surface area contributed by atoms with Gasteiger partial charge in [0, 0.05) is 6.20 Å². The van der Waals surface area contributed by atoms with Crippen LogP contribution in [-0.2, 0) is 4.79 Å². The lowest BCUT2D eigenvalue weighted by molar-refractivity contribution is -0.113. The number of nitrogens with one attached hydrogen (secondary N) is 1. The number of para-hydroxylation sites is 2. The molecule has 2 aromatic carbocycles. The summed E-state index contributed by atoms with van der Waals surface area (Å²) in [6, 6.07) is 17.8. The summed E-state index contributed by atoms with van der Waals surface area (Å²) in [5.74, 6) is -0.101. The van der Waals surface area contributed by atoms with E-state index in [4.69, 9.17) is 23.2 Å². The molecule has 0 unspecified atom stereocenters. The second-order valence-corrected chi connectivity index (χ2v) is 7.99. The summed E-state index contributed by atoms with van der Waals surface area (Å²) in [5, 5.41) is 4.18. The SMILES string of the molecule is O=C(CSc1nc2ccccc2c(=O)n1-c1ccccc1)Nc1ncc(Cl)cc1Cl. The fourth-order valence-corrected chi connectivity index (χ4v) is 4.06. The Morgan fingerprint density at radius 3 is 2.57 bits per heavy atom. The number of hydrogen-bond donors (Lipinski definition) is 1. The zero-order valence-corrected chi connectivity index (χ0v) is 17.7. The minimum Gasteiger partial charge on any atom is -0.309 e. The minimum atomic E-state index is -0.334. The second kappa shape index (κ2) is 8.87. The summed E-state index contributed by atoms with van der Waals surface area (Å²) in [6.07, 6.45) is 1.40. The summed E-state index contributed by atoms with van der Waals surface area (Å²) in [6.45, 7) is 0. The molecule has 2 heterocycles. The summed E-state index contributed by atoms with van der Waals surface area (Å²) in [4.78, 5) is 34.2. The Morgan fingerprint density at radius 1 is 1.07 bits per heavy atom. The monoisotopic (exact) mass is 456 g/mol. The third-order valence-electron chi connectivity index (χ3n) is 4.16. The average Bonchev–Trinajstić information content (AvgIpc) is 2.75. The average molecular weight is 457 g/mol. The normalized spacial score (nSPS) is 10.9. The largest absolute Gasteiger partial charge is 0.309 e. The van der Waals surface area contributed by atoms with Crippen molar-refractivity contribution in [2.24, 2.45) is 0 Å². The minimum absolute atomic E-state index is 0.0122. The van der Waals surface area contributed by atoms with Crippen LogP contribution < -0.4 is 10.9 Å². The van der Waals surface area contributed by atoms with Crippen LogP contribution in [0.25, 0.3) is 16.6 Å². The predicted octanol–water partition coefficient (Wildman–Crippen LogP) is 4.82. The third kappa shape index (κ3) is 4.33. The predicted molar refractivity (Wildman–Crippen MR) is 121 cm³/mol. The van der Waals surface area contributed by atoms with E-state index >= 15 is 0 Å². The number of nitrogens with zero attached hydrogens (tertiary/aromatic N) is 3. The lowest BCUT2D eigenvalue weighted by Gasteiger charge is -2.13. The summed E-state index contributed by atoms with van der Waals surface area (Å²) >= 11 is 13.0. The molecule has 0 fully saturated rings. The first-order chi connectivity index (χ1) is 14.5. The molecule has 0 aliphatic rings. The molecule has 4 rings (SSSR count). The van der Waals surface area contributed by atoms with Gasteiger partial charge < -0.3 is 5.32 Å². The van der Waals surface area contributed by atoms with Gasteiger partial charge in [-0.05, 0) is 30.3 Å². The standard InChI is InChI=1S/C21H14Cl2N4O2S/c22-13-10-16(23)19(24-11-13)26-18(28)12-30-21-25-17-9-5-4-8-15(17)20(29)27(21)14-6-2-1-3-7-14/h1-11H,12H2,(H,24,26,28). The van der Waals surface area contributed by atoms with Gasteiger partial charge in [0.2, 0.25) is 5.91 Å². The maximum Gasteiger partial charge on any atom is 0.266 e. The third-order valence-corrected chi connectivity index (χ3v) is 5.59. The second-order valence-electron chi connectivity index (χ2n) is 6.21. The molecule has 30 heavy (non-hydrogen) atoms. The molecule has 1 amide bonds. The van der Waals surface area contributed by atoms with Gasteiger partial charge in [-0.1, -0.05) is 65.3 Å². The van der Waals surface area contributed by atoms with Gasteiger partial charge in [0.05, 0.1) is 32.4 Å². The van der Waals surface area contributed by atoms with Crippen molar-refractivity contribution in [2.75, 3.05) is 11.1 Å². The highest BCUT2D eigenvalue weighted by molar-refractivity contribution is 7.99. The highest BCUT2D eigenvalue weighted by Crippen LogP contribution is 2.24. The number of anilines is 1. The molecule has 9 heteroatoms. The highest BCUT2D eigenvalue weighted by Gasteiger charge is 2.15. The topological polar surface area (TPSA) is 76.9 Å². The molecule has 1 N–H and O–H groups in total. The molecule has 6 nitrogen and oxygen atoms in total. The van der Waals surface area contributed by atoms with Gasteiger partial charge in [0.25, 0.3) is 5.56 Å². The lowest BCUT2D eigenvalue weighted by Crippen LogP contribution is -2.23. The molecule has 0 saturated heterocycles. The van der Waals surface area contributed by atoms with E-state index in [0.717, 1.165) is 11.8 Å². The van der Waals surface area contributed by atoms with E-state index in [-0.39, 0.29) is 28.1 Å². The summed E-state index contributed by atoms with van der Waals surface area (Å²) < 4.78 is 1.51. The highest BCUT2D eigenvalue weighted by atomic mass is 35.5. The van der Waals surface area contributed by atoms with Crippen LogP contribution in [0, 0.1) is 0 Å². The Labute approximate surface area is 185 Å². The van der Waals surface area contributed by atoms with E-state index in [1.54, 1.807) is 18.2 Å². The number of amides is 1. The number of carbonyl (C=O) groups excluding carboxylic acids is 1. The summed E-state index contributed by atoms with van der Waals surface area (Å²) in [7, 11) is 0. The van der Waals surface area contributed by atoms with Gasteiger partial charge in [-0.15, -0.1) is 0 Å². The van der Waals surface area contributed by atoms with Crippen LogP contribution in [0.15, 0.2) is 76.8 Å². The number of rotatable bonds is 5. The van der Waals surface area contributed by atoms with Crippen molar-refractivity contribution in [2.45, 2.75) is 5.16 Å². The van der Waals surface area contributed by atoms with Gasteiger partial charge >= 0.3 is 0 Å². The first kappa shape index (κ1) is 20.4. The van der Waals surface area contributed by atoms with Crippen molar-refractivity contribution in [3.8, 4) is 5.69 Å². The Bertz CT molecular complexity index is 1300. The van der Waals surface area contributed by atoms with Crippen molar-refractivity contribution < 1.29 is 4.79 Å². The molecule has 0 aliphatic heterocycles. The van der Waals surface area contributed by atoms with E-state index in [9.17, 15) is 9.59 Å². The molecule has 0 aliphatic carbocycles. The first-order valence-electron chi connectivity index (χ1n) is 8.84. The van der Waals surface area contributed by atoms with Crippen LogP contribution in [0.3, 0.4) is 0 Å². The Kier molecular flexibility index (Phi) is 6.03. The van der Waals surface area contributed by atoms with Crippen molar-refractivity contribution >= 4 is 57.6 Å². The van der Waals surface area contributed by atoms with Crippen LogP contribution in [0.2, 0.25) is 10.0 Å². The number of aromatic nitrogens is 3. The number of carbonyl (C=O) groups is 1. The van der Waals surface area contributed by atoms with Crippen LogP contribution in [0.1, 0.15) is 0 Å². The van der Waals surface area contributed by atoms with Crippen LogP contribution >= 0.6 is 35.0 Å². The quantitative estimate of drug-likeness (QED) is 0.344. The van der Waals surface area contributed by atoms with Gasteiger partial charge in [0.1, 0.15) is 0 Å². The number of thioether (sulfide) groups is 1. The summed E-state index contributed by atoms with van der Waals surface area (Å²) in [5.41, 5.74) is 1.04. The molecule has 4 aromatic rings. The molecular weight excluding hydrogens is 443 g/mol.